The van der Waals surface area contributed by atoms with Gasteiger partial charge in [0.05, 0.1) is 11.3 Å². The second kappa shape index (κ2) is 7.97. The molecule has 1 N–H and O–H groups in total. The lowest BCUT2D eigenvalue weighted by molar-refractivity contribution is -0.120. The largest absolute Gasteiger partial charge is 0.378 e. The normalized spacial score (nSPS) is 13.9. The first-order chi connectivity index (χ1) is 14.4. The van der Waals surface area contributed by atoms with Crippen LogP contribution in [0.1, 0.15) is 10.4 Å². The van der Waals surface area contributed by atoms with Crippen LogP contribution in [0.3, 0.4) is 0 Å². The summed E-state index contributed by atoms with van der Waals surface area (Å²) in [7, 11) is 3.87. The number of anilines is 3. The summed E-state index contributed by atoms with van der Waals surface area (Å²) in [6.07, 6.45) is 0. The van der Waals surface area contributed by atoms with E-state index in [2.05, 4.69) is 5.32 Å². The van der Waals surface area contributed by atoms with Gasteiger partial charge in [-0.1, -0.05) is 23.7 Å². The Morgan fingerprint density at radius 2 is 1.73 bits per heavy atom. The van der Waals surface area contributed by atoms with Crippen LogP contribution in [-0.4, -0.2) is 25.9 Å². The molecule has 1 aromatic heterocycles. The molecular weight excluding hydrogens is 418 g/mol. The molecule has 0 atom stereocenters. The van der Waals surface area contributed by atoms with Crippen molar-refractivity contribution in [2.24, 2.45) is 0 Å². The third kappa shape index (κ3) is 3.60. The fraction of sp³-hybridized carbons (Fsp3) is 0.130. The van der Waals surface area contributed by atoms with Crippen LogP contribution in [0, 0.1) is 6.92 Å². The van der Waals surface area contributed by atoms with E-state index in [1.807, 2.05) is 61.6 Å². The van der Waals surface area contributed by atoms with Crippen molar-refractivity contribution >= 4 is 57.4 Å². The molecule has 152 valence electrons. The van der Waals surface area contributed by atoms with E-state index in [4.69, 9.17) is 11.6 Å². The van der Waals surface area contributed by atoms with E-state index in [0.717, 1.165) is 16.1 Å². The molecule has 0 radical (unpaired) electrons. The number of carbonyl (C=O) groups excluding carboxylic acids is 2. The topological polar surface area (TPSA) is 52.7 Å². The predicted octanol–water partition coefficient (Wildman–Crippen LogP) is 5.17. The molecular formula is C23H20ClN3O2S. The van der Waals surface area contributed by atoms with Crippen molar-refractivity contribution in [2.45, 2.75) is 6.92 Å². The second-order valence-corrected chi connectivity index (χ2v) is 8.55. The van der Waals surface area contributed by atoms with Crippen LogP contribution in [-0.2, 0) is 9.59 Å². The maximum atomic E-state index is 13.4. The highest BCUT2D eigenvalue weighted by molar-refractivity contribution is 7.11. The average molecular weight is 438 g/mol. The third-order valence-corrected chi connectivity index (χ3v) is 6.06. The lowest BCUT2D eigenvalue weighted by Crippen LogP contribution is -2.32. The van der Waals surface area contributed by atoms with Crippen LogP contribution >= 0.6 is 22.9 Å². The Morgan fingerprint density at radius 1 is 1.00 bits per heavy atom. The minimum atomic E-state index is -0.389. The Balaban J connectivity index is 1.78. The summed E-state index contributed by atoms with van der Waals surface area (Å²) in [5.74, 6) is -0.734. The number of aryl methyl sites for hydroxylation is 1. The predicted molar refractivity (Wildman–Crippen MR) is 124 cm³/mol. The van der Waals surface area contributed by atoms with Gasteiger partial charge in [-0.05, 0) is 60.3 Å². The lowest BCUT2D eigenvalue weighted by atomic mass is 10.1. The van der Waals surface area contributed by atoms with Crippen LogP contribution in [0.25, 0.3) is 5.57 Å². The Morgan fingerprint density at radius 3 is 2.37 bits per heavy atom. The van der Waals surface area contributed by atoms with Crippen LogP contribution in [0.5, 0.6) is 0 Å². The maximum Gasteiger partial charge on any atom is 0.282 e. The van der Waals surface area contributed by atoms with Crippen LogP contribution in [0.4, 0.5) is 17.1 Å². The molecule has 0 saturated carbocycles. The molecule has 0 unspecified atom stereocenters. The fourth-order valence-electron chi connectivity index (χ4n) is 3.29. The first-order valence-corrected chi connectivity index (χ1v) is 10.6. The summed E-state index contributed by atoms with van der Waals surface area (Å²) in [5, 5.41) is 5.62. The number of halogens is 1. The number of thiophene rings is 1. The molecule has 2 heterocycles. The van der Waals surface area contributed by atoms with Gasteiger partial charge in [-0.2, -0.15) is 0 Å². The highest BCUT2D eigenvalue weighted by Gasteiger charge is 2.40. The van der Waals surface area contributed by atoms with Gasteiger partial charge in [0.25, 0.3) is 11.8 Å². The van der Waals surface area contributed by atoms with E-state index < -0.39 is 0 Å². The number of hydrogen-bond donors (Lipinski definition) is 1. The Bertz CT molecular complexity index is 1150. The molecule has 1 aliphatic heterocycles. The summed E-state index contributed by atoms with van der Waals surface area (Å²) in [5.41, 5.74) is 3.75. The molecule has 2 amide bonds. The summed E-state index contributed by atoms with van der Waals surface area (Å²) >= 11 is 7.57. The number of hydrogen-bond acceptors (Lipinski definition) is 5. The summed E-state index contributed by atoms with van der Waals surface area (Å²) < 4.78 is 0. The Labute approximate surface area is 184 Å². The fourth-order valence-corrected chi connectivity index (χ4v) is 4.23. The van der Waals surface area contributed by atoms with Crippen LogP contribution in [0.2, 0.25) is 5.02 Å². The van der Waals surface area contributed by atoms with Crippen molar-refractivity contribution in [3.63, 3.8) is 0 Å². The van der Waals surface area contributed by atoms with Gasteiger partial charge in [0.1, 0.15) is 5.70 Å². The minimum Gasteiger partial charge on any atom is -0.378 e. The van der Waals surface area contributed by atoms with Crippen LogP contribution < -0.4 is 15.1 Å². The van der Waals surface area contributed by atoms with Gasteiger partial charge in [0, 0.05) is 35.4 Å². The average Bonchev–Trinajstić information content (AvgIpc) is 3.32. The zero-order valence-electron chi connectivity index (χ0n) is 16.8. The highest BCUT2D eigenvalue weighted by Crippen LogP contribution is 2.36. The standard InChI is InChI=1S/C23H20ClN3O2S/c1-14-6-7-15(24)13-18(14)25-21-20(19-5-4-12-30-19)22(28)27(23(21)29)17-10-8-16(9-11-17)26(2)3/h4-13,25H,1-3H3. The van der Waals surface area contributed by atoms with Gasteiger partial charge in [0.15, 0.2) is 0 Å². The lowest BCUT2D eigenvalue weighted by Gasteiger charge is -2.18. The van der Waals surface area contributed by atoms with Crippen molar-refractivity contribution in [3.05, 3.63) is 81.1 Å². The van der Waals surface area contributed by atoms with Gasteiger partial charge in [-0.3, -0.25) is 9.59 Å². The second-order valence-electron chi connectivity index (χ2n) is 7.17. The molecule has 2 aromatic carbocycles. The molecule has 0 bridgehead atoms. The number of nitrogens with one attached hydrogen (secondary N) is 1. The first kappa shape index (κ1) is 20.2. The van der Waals surface area contributed by atoms with E-state index >= 15 is 0 Å². The molecule has 7 heteroatoms. The summed E-state index contributed by atoms with van der Waals surface area (Å²) in [6.45, 7) is 1.92. The molecule has 1 aliphatic rings. The number of rotatable bonds is 5. The molecule has 4 rings (SSSR count). The number of imide groups is 1. The van der Waals surface area contributed by atoms with E-state index in [1.54, 1.807) is 24.3 Å². The molecule has 0 saturated heterocycles. The minimum absolute atomic E-state index is 0.254. The Hall–Kier alpha value is -3.09. The summed E-state index contributed by atoms with van der Waals surface area (Å²) in [6, 6.07) is 16.4. The van der Waals surface area contributed by atoms with Crippen molar-refractivity contribution in [2.75, 3.05) is 29.2 Å². The van der Waals surface area contributed by atoms with Crippen molar-refractivity contribution < 1.29 is 9.59 Å². The molecule has 0 spiro atoms. The molecule has 5 nitrogen and oxygen atoms in total. The van der Waals surface area contributed by atoms with E-state index in [-0.39, 0.29) is 17.5 Å². The molecule has 30 heavy (non-hydrogen) atoms. The SMILES string of the molecule is Cc1ccc(Cl)cc1NC1=C(c2cccs2)C(=O)N(c2ccc(N(C)C)cc2)C1=O. The smallest absolute Gasteiger partial charge is 0.282 e. The van der Waals surface area contributed by atoms with E-state index in [1.165, 1.54) is 16.2 Å². The summed E-state index contributed by atoms with van der Waals surface area (Å²) in [4.78, 5) is 30.7. The monoisotopic (exact) mass is 437 g/mol. The van der Waals surface area contributed by atoms with Gasteiger partial charge in [-0.25, -0.2) is 4.90 Å². The van der Waals surface area contributed by atoms with Crippen molar-refractivity contribution in [1.82, 2.24) is 0 Å². The van der Waals surface area contributed by atoms with Gasteiger partial charge in [0.2, 0.25) is 0 Å². The van der Waals surface area contributed by atoms with Crippen molar-refractivity contribution in [3.8, 4) is 0 Å². The molecule has 0 fully saturated rings. The Kier molecular flexibility index (Phi) is 5.37. The first-order valence-electron chi connectivity index (χ1n) is 9.34. The number of carbonyl (C=O) groups is 2. The van der Waals surface area contributed by atoms with Crippen molar-refractivity contribution in [1.29, 1.82) is 0 Å². The zero-order chi connectivity index (χ0) is 21.4. The molecule has 3 aromatic rings. The zero-order valence-corrected chi connectivity index (χ0v) is 18.3. The number of amides is 2. The van der Waals surface area contributed by atoms with Gasteiger partial charge < -0.3 is 10.2 Å². The third-order valence-electron chi connectivity index (χ3n) is 4.94. The van der Waals surface area contributed by atoms with E-state index in [0.29, 0.717) is 22.0 Å². The van der Waals surface area contributed by atoms with Crippen LogP contribution in [0.15, 0.2) is 65.7 Å². The highest BCUT2D eigenvalue weighted by atomic mass is 35.5. The quantitative estimate of drug-likeness (QED) is 0.559. The number of benzene rings is 2. The number of nitrogens with zero attached hydrogens (tertiary/aromatic N) is 2. The van der Waals surface area contributed by atoms with Gasteiger partial charge >= 0.3 is 0 Å². The van der Waals surface area contributed by atoms with E-state index in [9.17, 15) is 9.59 Å². The molecule has 0 aliphatic carbocycles. The maximum absolute atomic E-state index is 13.4. The van der Waals surface area contributed by atoms with Gasteiger partial charge in [-0.15, -0.1) is 11.3 Å².